The molecule has 0 N–H and O–H groups in total. The maximum atomic E-state index is 14.7. The third-order valence-corrected chi connectivity index (χ3v) is 30.2. The van der Waals surface area contributed by atoms with Gasteiger partial charge in [0.1, 0.15) is 70.5 Å². The predicted molar refractivity (Wildman–Crippen MR) is 486 cm³/mol. The van der Waals surface area contributed by atoms with Crippen molar-refractivity contribution in [3.05, 3.63) is 71.7 Å². The minimum Gasteiger partial charge on any atom is -0.540 e. The average Bonchev–Trinajstić information content (AvgIpc) is 1.61. The van der Waals surface area contributed by atoms with Gasteiger partial charge in [-0.2, -0.15) is 0 Å². The van der Waals surface area contributed by atoms with E-state index in [1.54, 1.807) is 73.5 Å². The molecule has 3 aromatic carbocycles. The van der Waals surface area contributed by atoms with Gasteiger partial charge in [-0.15, -0.1) is 0 Å². The van der Waals surface area contributed by atoms with Gasteiger partial charge in [-0.3, -0.25) is 28.8 Å². The van der Waals surface area contributed by atoms with Gasteiger partial charge in [-0.05, 0) is 205 Å². The number of methoxy groups -OCH3 is 3. The Morgan fingerprint density at radius 2 is 0.746 bits per heavy atom. The first-order valence-electron chi connectivity index (χ1n) is 48.4. The Hall–Kier alpha value is -8.36. The van der Waals surface area contributed by atoms with Crippen LogP contribution in [0.1, 0.15) is 240 Å². The van der Waals surface area contributed by atoms with Crippen molar-refractivity contribution in [2.45, 2.75) is 316 Å². The number of carbonyl (C=O) groups excluding carboxylic acids is 9. The number of halogens is 6. The van der Waals surface area contributed by atoms with E-state index in [1.807, 2.05) is 69.2 Å². The second-order valence-electron chi connectivity index (χ2n) is 42.1. The summed E-state index contributed by atoms with van der Waals surface area (Å²) in [5.74, 6) is -7.13. The van der Waals surface area contributed by atoms with Crippen LogP contribution in [0.3, 0.4) is 0 Å². The monoisotopic (exact) mass is 2040 g/mol. The van der Waals surface area contributed by atoms with Crippen molar-refractivity contribution in [2.75, 3.05) is 41.0 Å². The van der Waals surface area contributed by atoms with Gasteiger partial charge in [0.15, 0.2) is 0 Å². The van der Waals surface area contributed by atoms with Gasteiger partial charge in [0.2, 0.25) is 54.6 Å². The van der Waals surface area contributed by atoms with Crippen molar-refractivity contribution in [2.24, 2.45) is 81.3 Å². The average molecular weight is 2040 g/mol. The summed E-state index contributed by atoms with van der Waals surface area (Å²) in [7, 11) is 4.60. The molecule has 8 bridgehead atoms. The van der Waals surface area contributed by atoms with E-state index in [-0.39, 0.29) is 136 Å². The van der Waals surface area contributed by atoms with Crippen LogP contribution in [-0.4, -0.2) is 214 Å². The van der Waals surface area contributed by atoms with Crippen molar-refractivity contribution in [1.29, 1.82) is 0 Å². The van der Waals surface area contributed by atoms with Crippen molar-refractivity contribution < 1.29 is 168 Å². The Morgan fingerprint density at radius 1 is 0.391 bits per heavy atom. The summed E-state index contributed by atoms with van der Waals surface area (Å²) in [4.78, 5) is 151. The van der Waals surface area contributed by atoms with Gasteiger partial charge in [0, 0.05) is 73.9 Å². The molecule has 3 amide bonds. The molecule has 16 rings (SSSR count). The SMILES string of the molecule is COc1ccc2nc3c(nc2c1)O[C@H]1CN(C(=O)[C@H](C(C)(C)C)CC(=O)O[C@@H]2CCC[C@H]2CCCCC3)[C@H]([C-]=O)[C@@H]1C(F)F.COc1ccc2nc3c(nc2c1)O[C@H]1CN(C(=O)[C@H](C(C)(C)C)CC(=O)O[C@@H]2[C@H]4CC[C@H](C4)[C@H]2CCCCC3)[C@H]([C-]=O)[C@@H]1C(F)F.COc1ccc2nc3c(nc2c1)O[C@H]1CN(C(=O)[C@H](C(C)(C)C)CC(=O)O[C@]2(C)CCC[C@H]2CCCCC3)[C@H]([C-]=O)[C@@H]1C(F)F.[V].[V].[V]. The van der Waals surface area contributed by atoms with E-state index in [9.17, 15) is 69.5 Å². The summed E-state index contributed by atoms with van der Waals surface area (Å²) >= 11 is 0. The summed E-state index contributed by atoms with van der Waals surface area (Å²) < 4.78 is 141. The van der Waals surface area contributed by atoms with Crippen molar-refractivity contribution in [1.82, 2.24) is 44.6 Å². The van der Waals surface area contributed by atoms with Crippen LogP contribution < -0.4 is 28.4 Å². The molecule has 138 heavy (non-hydrogen) atoms. The Bertz CT molecular complexity index is 5270. The van der Waals surface area contributed by atoms with Crippen LogP contribution >= 0.6 is 0 Å². The number of carbonyl (C=O) groups is 6. The first kappa shape index (κ1) is 110. The number of aryl methyl sites for hydroxylation is 3. The number of aromatic nitrogens is 6. The molecule has 6 aliphatic heterocycles. The minimum absolute atomic E-state index is 0. The van der Waals surface area contributed by atoms with E-state index >= 15 is 0 Å². The van der Waals surface area contributed by atoms with Crippen LogP contribution in [0.15, 0.2) is 54.6 Å². The van der Waals surface area contributed by atoms with E-state index in [0.717, 1.165) is 150 Å². The molecule has 4 aliphatic carbocycles. The van der Waals surface area contributed by atoms with Crippen LogP contribution in [0.25, 0.3) is 33.1 Å². The molecule has 20 atom stereocenters. The number of amides is 3. The molecule has 3 saturated heterocycles. The smallest absolute Gasteiger partial charge is 0.307 e. The zero-order valence-corrected chi connectivity index (χ0v) is 85.3. The molecule has 7 fully saturated rings. The normalized spacial score (nSPS) is 29.9. The number of benzene rings is 3. The van der Waals surface area contributed by atoms with Gasteiger partial charge in [-0.25, -0.2) is 75.1 Å². The number of esters is 3. The molecule has 3 radical (unpaired) electrons. The van der Waals surface area contributed by atoms with Gasteiger partial charge >= 0.3 is 17.9 Å². The van der Waals surface area contributed by atoms with Gasteiger partial charge in [0.05, 0.1) is 129 Å². The molecule has 10 aliphatic rings. The Morgan fingerprint density at radius 3 is 1.12 bits per heavy atom. The maximum Gasteiger partial charge on any atom is 0.307 e. The van der Waals surface area contributed by atoms with Crippen molar-refractivity contribution in [3.8, 4) is 34.9 Å². The third kappa shape index (κ3) is 25.1. The van der Waals surface area contributed by atoms with Gasteiger partial charge < -0.3 is 71.7 Å². The predicted octanol–water partition coefficient (Wildman–Crippen LogP) is 17.0. The van der Waals surface area contributed by atoms with Crippen LogP contribution in [0.5, 0.6) is 34.9 Å². The van der Waals surface area contributed by atoms with E-state index < -0.39 is 149 Å². The second kappa shape index (κ2) is 47.2. The number of nitrogens with zero attached hydrogens (tertiary/aromatic N) is 9. The maximum absolute atomic E-state index is 14.7. The van der Waals surface area contributed by atoms with Crippen molar-refractivity contribution >= 4 is 87.6 Å². The second-order valence-corrected chi connectivity index (χ2v) is 42.1. The number of fused-ring (bicyclic) bond motifs is 19. The summed E-state index contributed by atoms with van der Waals surface area (Å²) in [6, 6.07) is 11.2. The molecule has 0 unspecified atom stereocenters. The fourth-order valence-electron chi connectivity index (χ4n) is 22.5. The Balaban J connectivity index is 0.000000196. The van der Waals surface area contributed by atoms with E-state index in [1.165, 1.54) is 21.3 Å². The zero-order chi connectivity index (χ0) is 96.9. The summed E-state index contributed by atoms with van der Waals surface area (Å²) in [6.07, 6.45) is 12.3. The standard InChI is InChI=1S/C35H44F2N3O6.C34H44F2N3O6.C33H42F2N3O6.3V/c1-35(2,3)23-16-29(42)46-31-20-11-10-19(14-20)22(31)8-6-5-7-9-25-33(39-26-15-21(44-4)12-13-24(26)38-25)45-28-17-40(34(23)43)27(18-41)30(28)32(36)37;1-33(2,3)22-17-28(41)45-34(4)15-9-11-20(34)10-7-6-8-12-24-31(38-25-16-21(43-5)13-14-23(25)37-24)44-27-18-39(32(22)42)26(19-40)29(27)30(35)36;1-33(2,3)21-16-28(40)43-26-12-8-10-19(26)9-6-5-7-11-23-31(37-24-15-20(42-4)13-14-22(24)36-23)44-27-17-38(32(21)41)25(18-39)29(27)30(34)35;;;/h12-13,15,19-20,22-23,27-28,30-32H,5-11,14,16-17H2,1-4H3;13-14,16,20,22,26-27,29-30H,6-12,15,17-18H2,1-5H3;13-15,19,21,25-27,29-30H,5-12,16-17H2,1-4H3;;;/q3*-1;;;/t19-,20+,22-,23-,27-,28+,30+,31-;20-,22-,26-,27+,29+,34-;19-,21-,25-,26-,27+,29+;;;/m111.../s1. The molecule has 4 saturated carbocycles. The van der Waals surface area contributed by atoms with Crippen LogP contribution in [-0.2, 0) is 132 Å². The topological polar surface area (TPSA) is 324 Å². The largest absolute Gasteiger partial charge is 0.540 e. The number of ether oxygens (including phenoxy) is 9. The molecule has 0 spiro atoms. The third-order valence-electron chi connectivity index (χ3n) is 30.2. The first-order chi connectivity index (χ1) is 64.3. The number of rotatable bonds is 9. The number of hydrogen-bond donors (Lipinski definition) is 0. The van der Waals surface area contributed by atoms with Gasteiger partial charge in [-0.1, -0.05) is 119 Å². The molecule has 751 valence electrons. The molecular formula is C102H130F6N9O18V3-3. The fourth-order valence-corrected chi connectivity index (χ4v) is 22.5. The Labute approximate surface area is 839 Å². The number of hydrogen-bond acceptors (Lipinski definition) is 24. The molecule has 3 aromatic heterocycles. The quantitative estimate of drug-likeness (QED) is 0.0562. The number of alkyl halides is 6. The van der Waals surface area contributed by atoms with Crippen LogP contribution in [0.2, 0.25) is 0 Å². The fraction of sp³-hybridized carbons (Fsp3) is 0.676. The molecule has 6 aromatic rings. The molecule has 9 heterocycles. The van der Waals surface area contributed by atoms with E-state index in [2.05, 4.69) is 9.97 Å². The molecule has 36 heteroatoms. The van der Waals surface area contributed by atoms with Crippen LogP contribution in [0, 0.1) is 81.3 Å². The summed E-state index contributed by atoms with van der Waals surface area (Å²) in [6.45, 7) is 17.5. The van der Waals surface area contributed by atoms with Gasteiger partial charge in [0.25, 0.3) is 0 Å². The van der Waals surface area contributed by atoms with Crippen LogP contribution in [0.4, 0.5) is 26.3 Å². The summed E-state index contributed by atoms with van der Waals surface area (Å²) in [5.41, 5.74) is 2.11. The summed E-state index contributed by atoms with van der Waals surface area (Å²) in [5, 5.41) is 0. The van der Waals surface area contributed by atoms with E-state index in [4.69, 9.17) is 62.6 Å². The molecule has 27 nitrogen and oxygen atoms in total. The first-order valence-corrected chi connectivity index (χ1v) is 48.4. The minimum atomic E-state index is -2.98. The van der Waals surface area contributed by atoms with Crippen molar-refractivity contribution in [3.63, 3.8) is 0 Å². The molecular weight excluding hydrogens is 1910 g/mol. The Kier molecular flexibility index (Phi) is 37.7. The van der Waals surface area contributed by atoms with E-state index in [0.29, 0.717) is 104 Å². The zero-order valence-electron chi connectivity index (χ0n) is 81.1.